The molecule has 0 aliphatic heterocycles. The van der Waals surface area contributed by atoms with Crippen molar-refractivity contribution in [3.8, 4) is 0 Å². The van der Waals surface area contributed by atoms with Gasteiger partial charge >= 0.3 is 0 Å². The van der Waals surface area contributed by atoms with Crippen LogP contribution in [0.1, 0.15) is 35.8 Å². The number of anilines is 1. The zero-order valence-corrected chi connectivity index (χ0v) is 14.1. The second kappa shape index (κ2) is 7.78. The summed E-state index contributed by atoms with van der Waals surface area (Å²) in [4.78, 5) is 41.5. The number of hydrogen-bond acceptors (Lipinski definition) is 5. The molecule has 0 fully saturated rings. The molecule has 4 N–H and O–H groups in total. The third-order valence-corrected chi connectivity index (χ3v) is 4.00. The van der Waals surface area contributed by atoms with Crippen LogP contribution in [0.2, 0.25) is 0 Å². The number of nitrogens with two attached hydrogens (primary N) is 1. The number of carbonyl (C=O) groups is 2. The Balaban J connectivity index is 1.96. The number of nitrogens with zero attached hydrogens (tertiary/aromatic N) is 1. The van der Waals surface area contributed by atoms with Crippen molar-refractivity contribution in [1.82, 2.24) is 9.97 Å². The van der Waals surface area contributed by atoms with Gasteiger partial charge in [-0.3, -0.25) is 14.4 Å². The molecule has 8 heteroatoms. The van der Waals surface area contributed by atoms with Crippen molar-refractivity contribution in [2.45, 2.75) is 24.9 Å². The molecule has 126 valence electrons. The highest BCUT2D eigenvalue weighted by Gasteiger charge is 2.09. The third-order valence-electron chi connectivity index (χ3n) is 3.12. The van der Waals surface area contributed by atoms with Crippen LogP contribution in [-0.4, -0.2) is 27.5 Å². The minimum atomic E-state index is -0.525. The maximum absolute atomic E-state index is 12.0. The monoisotopic (exact) mass is 346 g/mol. The molecule has 7 nitrogen and oxygen atoms in total. The first-order chi connectivity index (χ1) is 11.3. The molecular formula is C16H18N4O3S. The van der Waals surface area contributed by atoms with Crippen LogP contribution in [-0.2, 0) is 4.79 Å². The molecule has 1 aromatic heterocycles. The molecule has 2 aromatic rings. The van der Waals surface area contributed by atoms with Gasteiger partial charge in [0.25, 0.3) is 5.56 Å². The Morgan fingerprint density at radius 1 is 1.29 bits per heavy atom. The summed E-state index contributed by atoms with van der Waals surface area (Å²) in [6, 6.07) is 7.73. The number of nitrogens with one attached hydrogen (secondary N) is 2. The van der Waals surface area contributed by atoms with E-state index in [0.29, 0.717) is 22.1 Å². The fourth-order valence-electron chi connectivity index (χ4n) is 1.87. The van der Waals surface area contributed by atoms with Crippen LogP contribution in [0.5, 0.6) is 0 Å². The van der Waals surface area contributed by atoms with Crippen LogP contribution in [0.25, 0.3) is 0 Å². The lowest BCUT2D eigenvalue weighted by atomic mass is 10.1. The summed E-state index contributed by atoms with van der Waals surface area (Å²) in [6.45, 7) is 3.89. The van der Waals surface area contributed by atoms with Crippen molar-refractivity contribution < 1.29 is 9.59 Å². The van der Waals surface area contributed by atoms with E-state index in [2.05, 4.69) is 15.3 Å². The first-order valence-electron chi connectivity index (χ1n) is 7.29. The average molecular weight is 346 g/mol. The number of hydrogen-bond donors (Lipinski definition) is 3. The van der Waals surface area contributed by atoms with E-state index in [1.54, 1.807) is 12.1 Å². The number of aromatic amines is 1. The van der Waals surface area contributed by atoms with Crippen LogP contribution in [0.15, 0.2) is 40.3 Å². The first-order valence-corrected chi connectivity index (χ1v) is 8.27. The predicted molar refractivity (Wildman–Crippen MR) is 93.3 cm³/mol. The fourth-order valence-corrected chi connectivity index (χ4v) is 2.55. The predicted octanol–water partition coefficient (Wildman–Crippen LogP) is 1.72. The Hall–Kier alpha value is -2.61. The summed E-state index contributed by atoms with van der Waals surface area (Å²) in [5.74, 6) is -0.542. The van der Waals surface area contributed by atoms with E-state index in [9.17, 15) is 14.4 Å². The van der Waals surface area contributed by atoms with Gasteiger partial charge in [0, 0.05) is 17.3 Å². The van der Waals surface area contributed by atoms with Gasteiger partial charge in [0.2, 0.25) is 11.8 Å². The summed E-state index contributed by atoms with van der Waals surface area (Å²) in [5, 5.41) is 3.11. The molecule has 0 saturated heterocycles. The SMILES string of the molecule is CC(C)c1cc(=O)[nH]c(SCC(=O)Nc2ccc(C(N)=O)cc2)n1. The molecule has 0 saturated carbocycles. The van der Waals surface area contributed by atoms with Gasteiger partial charge in [-0.25, -0.2) is 4.98 Å². The van der Waals surface area contributed by atoms with E-state index in [1.807, 2.05) is 13.8 Å². The van der Waals surface area contributed by atoms with Crippen LogP contribution in [0.3, 0.4) is 0 Å². The molecule has 0 aliphatic rings. The molecule has 2 amide bonds. The van der Waals surface area contributed by atoms with E-state index in [0.717, 1.165) is 11.8 Å². The summed E-state index contributed by atoms with van der Waals surface area (Å²) in [6.07, 6.45) is 0. The smallest absolute Gasteiger partial charge is 0.251 e. The molecule has 2 rings (SSSR count). The second-order valence-corrected chi connectivity index (χ2v) is 6.37. The lowest BCUT2D eigenvalue weighted by Gasteiger charge is -2.07. The van der Waals surface area contributed by atoms with Crippen molar-refractivity contribution >= 4 is 29.3 Å². The topological polar surface area (TPSA) is 118 Å². The van der Waals surface area contributed by atoms with Crippen molar-refractivity contribution in [1.29, 1.82) is 0 Å². The van der Waals surface area contributed by atoms with Crippen LogP contribution < -0.4 is 16.6 Å². The van der Waals surface area contributed by atoms with Crippen LogP contribution in [0, 0.1) is 0 Å². The molecule has 0 aliphatic carbocycles. The highest BCUT2D eigenvalue weighted by molar-refractivity contribution is 7.99. The van der Waals surface area contributed by atoms with E-state index in [-0.39, 0.29) is 23.1 Å². The Bertz CT molecular complexity index is 800. The van der Waals surface area contributed by atoms with Crippen molar-refractivity contribution in [2.24, 2.45) is 5.73 Å². The minimum Gasteiger partial charge on any atom is -0.366 e. The first kappa shape index (κ1) is 17.7. The molecule has 0 radical (unpaired) electrons. The highest BCUT2D eigenvalue weighted by atomic mass is 32.2. The largest absolute Gasteiger partial charge is 0.366 e. The Morgan fingerprint density at radius 2 is 1.96 bits per heavy atom. The van der Waals surface area contributed by atoms with Gasteiger partial charge in [-0.1, -0.05) is 25.6 Å². The van der Waals surface area contributed by atoms with Gasteiger partial charge in [0.05, 0.1) is 11.4 Å². The molecule has 0 spiro atoms. The maximum Gasteiger partial charge on any atom is 0.251 e. The van der Waals surface area contributed by atoms with Gasteiger partial charge in [-0.15, -0.1) is 0 Å². The number of primary amides is 1. The summed E-state index contributed by atoms with van der Waals surface area (Å²) in [5.41, 5.74) is 6.53. The van der Waals surface area contributed by atoms with E-state index in [4.69, 9.17) is 5.73 Å². The summed E-state index contributed by atoms with van der Waals surface area (Å²) in [7, 11) is 0. The average Bonchev–Trinajstić information content (AvgIpc) is 2.53. The zero-order valence-electron chi connectivity index (χ0n) is 13.3. The normalized spacial score (nSPS) is 10.6. The van der Waals surface area contributed by atoms with Gasteiger partial charge in [0.1, 0.15) is 0 Å². The van der Waals surface area contributed by atoms with Crippen LogP contribution >= 0.6 is 11.8 Å². The van der Waals surface area contributed by atoms with E-state index >= 15 is 0 Å². The van der Waals surface area contributed by atoms with Gasteiger partial charge in [-0.2, -0.15) is 0 Å². The number of aromatic nitrogens is 2. The van der Waals surface area contributed by atoms with E-state index in [1.165, 1.54) is 18.2 Å². The number of rotatable bonds is 6. The molecular weight excluding hydrogens is 328 g/mol. The quantitative estimate of drug-likeness (QED) is 0.544. The maximum atomic E-state index is 12.0. The number of carbonyl (C=O) groups excluding carboxylic acids is 2. The van der Waals surface area contributed by atoms with Gasteiger partial charge in [-0.05, 0) is 30.2 Å². The van der Waals surface area contributed by atoms with Crippen molar-refractivity contribution in [3.05, 3.63) is 51.9 Å². The Labute approximate surface area is 143 Å². The minimum absolute atomic E-state index is 0.0993. The molecule has 0 unspecified atom stereocenters. The standard InChI is InChI=1S/C16H18N4O3S/c1-9(2)12-7-13(21)20-16(19-12)24-8-14(22)18-11-5-3-10(4-6-11)15(17)23/h3-7,9H,8H2,1-2H3,(H2,17,23)(H,18,22)(H,19,20,21). The number of benzene rings is 1. The lowest BCUT2D eigenvalue weighted by molar-refractivity contribution is -0.113. The van der Waals surface area contributed by atoms with E-state index < -0.39 is 5.91 Å². The second-order valence-electron chi connectivity index (χ2n) is 5.41. The number of thioether (sulfide) groups is 1. The molecule has 24 heavy (non-hydrogen) atoms. The summed E-state index contributed by atoms with van der Waals surface area (Å²) < 4.78 is 0. The van der Waals surface area contributed by atoms with Gasteiger partial charge in [0.15, 0.2) is 5.16 Å². The molecule has 0 bridgehead atoms. The molecule has 0 atom stereocenters. The van der Waals surface area contributed by atoms with Crippen molar-refractivity contribution in [3.63, 3.8) is 0 Å². The van der Waals surface area contributed by atoms with Crippen molar-refractivity contribution in [2.75, 3.05) is 11.1 Å². The Kier molecular flexibility index (Phi) is 5.75. The molecule has 1 aromatic carbocycles. The Morgan fingerprint density at radius 3 is 2.54 bits per heavy atom. The summed E-state index contributed by atoms with van der Waals surface area (Å²) >= 11 is 1.15. The zero-order chi connectivity index (χ0) is 17.7. The molecule has 1 heterocycles. The number of amides is 2. The third kappa shape index (κ3) is 4.95. The lowest BCUT2D eigenvalue weighted by Crippen LogP contribution is -2.16. The number of H-pyrrole nitrogens is 1. The van der Waals surface area contributed by atoms with Crippen LogP contribution in [0.4, 0.5) is 5.69 Å². The van der Waals surface area contributed by atoms with Gasteiger partial charge < -0.3 is 16.0 Å². The fraction of sp³-hybridized carbons (Fsp3) is 0.250. The highest BCUT2D eigenvalue weighted by Crippen LogP contribution is 2.16.